The van der Waals surface area contributed by atoms with Crippen molar-refractivity contribution in [3.8, 4) is 11.5 Å². The Kier molecular flexibility index (Phi) is 10.6. The zero-order valence-electron chi connectivity index (χ0n) is 19.0. The number of rotatable bonds is 8. The fraction of sp³-hybridized carbons (Fsp3) is 0.417. The molecule has 0 radical (unpaired) electrons. The predicted octanol–water partition coefficient (Wildman–Crippen LogP) is 4.09. The quantitative estimate of drug-likeness (QED) is 0.293. The van der Waals surface area contributed by atoms with Gasteiger partial charge in [-0.2, -0.15) is 0 Å². The Hall–Kier alpha value is -2.49. The van der Waals surface area contributed by atoms with Gasteiger partial charge >= 0.3 is 0 Å². The van der Waals surface area contributed by atoms with Crippen LogP contribution in [0, 0.1) is 0 Å². The third kappa shape index (κ3) is 7.01. The Balaban J connectivity index is 0.00000363. The molecule has 0 atom stereocenters. The first-order chi connectivity index (χ1) is 15.1. The molecule has 174 valence electrons. The molecule has 0 saturated carbocycles. The van der Waals surface area contributed by atoms with Crippen molar-refractivity contribution in [2.24, 2.45) is 4.99 Å². The van der Waals surface area contributed by atoms with Crippen molar-refractivity contribution in [1.82, 2.24) is 10.6 Å². The van der Waals surface area contributed by atoms with Crippen molar-refractivity contribution >= 4 is 41.5 Å². The van der Waals surface area contributed by atoms with Crippen LogP contribution in [-0.2, 0) is 17.9 Å². The maximum atomic E-state index is 12.1. The van der Waals surface area contributed by atoms with Crippen molar-refractivity contribution in [1.29, 1.82) is 0 Å². The summed E-state index contributed by atoms with van der Waals surface area (Å²) in [5, 5.41) is 6.63. The molecule has 32 heavy (non-hydrogen) atoms. The number of hydrogen-bond donors (Lipinski definition) is 2. The molecule has 2 N–H and O–H groups in total. The molecule has 3 rings (SSSR count). The molecule has 2 aromatic rings. The van der Waals surface area contributed by atoms with Crippen LogP contribution in [0.4, 0.5) is 5.69 Å². The standard InChI is InChI=1S/C24H32N4O3.HI/c1-4-25-24(27-17-19-10-13-21(30-2)15-22(19)31-3)26-16-18-8-11-20(12-9-18)28-14-6-5-7-23(28)29;/h8-13,15H,4-7,14,16-17H2,1-3H3,(H2,25,26,27);1H. The summed E-state index contributed by atoms with van der Waals surface area (Å²) in [4.78, 5) is 18.7. The van der Waals surface area contributed by atoms with Crippen molar-refractivity contribution in [3.05, 3.63) is 53.6 Å². The first-order valence-electron chi connectivity index (χ1n) is 10.8. The fourth-order valence-corrected chi connectivity index (χ4v) is 3.55. The van der Waals surface area contributed by atoms with Crippen molar-refractivity contribution in [3.63, 3.8) is 0 Å². The summed E-state index contributed by atoms with van der Waals surface area (Å²) in [6.45, 7) is 4.73. The summed E-state index contributed by atoms with van der Waals surface area (Å²) < 4.78 is 10.7. The summed E-state index contributed by atoms with van der Waals surface area (Å²) in [7, 11) is 3.29. The Bertz CT molecular complexity index is 903. The lowest BCUT2D eigenvalue weighted by Crippen LogP contribution is -2.36. The predicted molar refractivity (Wildman–Crippen MR) is 139 cm³/mol. The molecule has 0 bridgehead atoms. The van der Waals surface area contributed by atoms with Crippen LogP contribution in [0.3, 0.4) is 0 Å². The van der Waals surface area contributed by atoms with Crippen LogP contribution >= 0.6 is 24.0 Å². The van der Waals surface area contributed by atoms with E-state index in [4.69, 9.17) is 14.5 Å². The summed E-state index contributed by atoms with van der Waals surface area (Å²) in [6, 6.07) is 13.9. The number of carbonyl (C=O) groups is 1. The molecule has 2 aromatic carbocycles. The lowest BCUT2D eigenvalue weighted by Gasteiger charge is -2.26. The van der Waals surface area contributed by atoms with Crippen LogP contribution in [0.5, 0.6) is 11.5 Å². The summed E-state index contributed by atoms with van der Waals surface area (Å²) in [5.41, 5.74) is 3.07. The van der Waals surface area contributed by atoms with Gasteiger partial charge in [0.25, 0.3) is 0 Å². The molecule has 0 spiro atoms. The van der Waals surface area contributed by atoms with E-state index in [1.807, 2.05) is 54.3 Å². The molecular formula is C24H33IN4O3. The fourth-order valence-electron chi connectivity index (χ4n) is 3.55. The molecule has 0 unspecified atom stereocenters. The van der Waals surface area contributed by atoms with Gasteiger partial charge in [0, 0.05) is 43.4 Å². The topological polar surface area (TPSA) is 75.2 Å². The number of halogens is 1. The van der Waals surface area contributed by atoms with E-state index in [1.54, 1.807) is 14.2 Å². The number of hydrogen-bond acceptors (Lipinski definition) is 4. The third-order valence-electron chi connectivity index (χ3n) is 5.28. The van der Waals surface area contributed by atoms with E-state index >= 15 is 0 Å². The molecule has 1 aliphatic heterocycles. The number of carbonyl (C=O) groups excluding carboxylic acids is 1. The minimum Gasteiger partial charge on any atom is -0.497 e. The highest BCUT2D eigenvalue weighted by Gasteiger charge is 2.19. The number of anilines is 1. The minimum atomic E-state index is 0. The van der Waals surface area contributed by atoms with E-state index < -0.39 is 0 Å². The van der Waals surface area contributed by atoms with Gasteiger partial charge in [0.05, 0.1) is 20.8 Å². The van der Waals surface area contributed by atoms with Crippen LogP contribution in [0.25, 0.3) is 0 Å². The van der Waals surface area contributed by atoms with Gasteiger partial charge in [-0.1, -0.05) is 12.1 Å². The lowest BCUT2D eigenvalue weighted by atomic mass is 10.1. The Morgan fingerprint density at radius 2 is 1.84 bits per heavy atom. The van der Waals surface area contributed by atoms with Crippen LogP contribution in [0.2, 0.25) is 0 Å². The van der Waals surface area contributed by atoms with E-state index in [2.05, 4.69) is 10.6 Å². The van der Waals surface area contributed by atoms with Gasteiger partial charge in [-0.25, -0.2) is 4.99 Å². The van der Waals surface area contributed by atoms with Crippen LogP contribution in [-0.4, -0.2) is 39.2 Å². The number of piperidine rings is 1. The van der Waals surface area contributed by atoms with E-state index in [0.717, 1.165) is 60.2 Å². The average molecular weight is 552 g/mol. The number of methoxy groups -OCH3 is 2. The summed E-state index contributed by atoms with van der Waals surface area (Å²) >= 11 is 0. The highest BCUT2D eigenvalue weighted by Crippen LogP contribution is 2.24. The number of benzene rings is 2. The average Bonchev–Trinajstić information content (AvgIpc) is 2.81. The van der Waals surface area contributed by atoms with E-state index in [0.29, 0.717) is 19.5 Å². The zero-order chi connectivity index (χ0) is 22.1. The molecule has 1 heterocycles. The molecule has 7 nitrogen and oxygen atoms in total. The van der Waals surface area contributed by atoms with Crippen LogP contribution in [0.15, 0.2) is 47.5 Å². The molecule has 1 aliphatic rings. The Labute approximate surface area is 207 Å². The monoisotopic (exact) mass is 552 g/mol. The first-order valence-corrected chi connectivity index (χ1v) is 10.8. The van der Waals surface area contributed by atoms with E-state index in [1.165, 1.54) is 0 Å². The normalized spacial score (nSPS) is 13.9. The third-order valence-corrected chi connectivity index (χ3v) is 5.28. The van der Waals surface area contributed by atoms with Gasteiger partial charge in [-0.3, -0.25) is 4.79 Å². The Morgan fingerprint density at radius 1 is 1.06 bits per heavy atom. The number of amides is 1. The Morgan fingerprint density at radius 3 is 2.50 bits per heavy atom. The smallest absolute Gasteiger partial charge is 0.226 e. The number of nitrogens with one attached hydrogen (secondary N) is 2. The van der Waals surface area contributed by atoms with Gasteiger partial charge in [0.1, 0.15) is 11.5 Å². The highest BCUT2D eigenvalue weighted by molar-refractivity contribution is 14.0. The summed E-state index contributed by atoms with van der Waals surface area (Å²) in [5.74, 6) is 2.47. The molecule has 8 heteroatoms. The second-order valence-electron chi connectivity index (χ2n) is 7.40. The van der Waals surface area contributed by atoms with Gasteiger partial charge in [0.15, 0.2) is 5.96 Å². The number of aliphatic imine (C=N–C) groups is 1. The highest BCUT2D eigenvalue weighted by atomic mass is 127. The van der Waals surface area contributed by atoms with Crippen molar-refractivity contribution < 1.29 is 14.3 Å². The van der Waals surface area contributed by atoms with Gasteiger partial charge < -0.3 is 25.0 Å². The largest absolute Gasteiger partial charge is 0.497 e. The lowest BCUT2D eigenvalue weighted by molar-refractivity contribution is -0.119. The second kappa shape index (κ2) is 13.1. The minimum absolute atomic E-state index is 0. The number of guanidine groups is 1. The summed E-state index contributed by atoms with van der Waals surface area (Å²) in [6.07, 6.45) is 2.70. The first kappa shape index (κ1) is 25.8. The second-order valence-corrected chi connectivity index (χ2v) is 7.40. The van der Waals surface area contributed by atoms with Crippen molar-refractivity contribution in [2.45, 2.75) is 39.3 Å². The molecule has 1 amide bonds. The van der Waals surface area contributed by atoms with Crippen LogP contribution < -0.4 is 25.0 Å². The molecule has 0 aromatic heterocycles. The van der Waals surface area contributed by atoms with Crippen molar-refractivity contribution in [2.75, 3.05) is 32.2 Å². The molecular weight excluding hydrogens is 519 g/mol. The van der Waals surface area contributed by atoms with Gasteiger partial charge in [-0.05, 0) is 49.6 Å². The number of nitrogens with zero attached hydrogens (tertiary/aromatic N) is 2. The maximum Gasteiger partial charge on any atom is 0.226 e. The SMILES string of the molecule is CCNC(=NCc1ccc(N2CCCCC2=O)cc1)NCc1ccc(OC)cc1OC.I. The maximum absolute atomic E-state index is 12.1. The molecule has 1 saturated heterocycles. The zero-order valence-corrected chi connectivity index (χ0v) is 21.3. The number of ether oxygens (including phenoxy) is 2. The van der Waals surface area contributed by atoms with Gasteiger partial charge in [-0.15, -0.1) is 24.0 Å². The molecule has 0 aliphatic carbocycles. The van der Waals surface area contributed by atoms with Crippen LogP contribution in [0.1, 0.15) is 37.3 Å². The molecule has 1 fully saturated rings. The van der Waals surface area contributed by atoms with E-state index in [-0.39, 0.29) is 29.9 Å². The van der Waals surface area contributed by atoms with E-state index in [9.17, 15) is 4.79 Å². The van der Waals surface area contributed by atoms with Gasteiger partial charge in [0.2, 0.25) is 5.91 Å².